The van der Waals surface area contributed by atoms with E-state index >= 15 is 0 Å². The lowest BCUT2D eigenvalue weighted by molar-refractivity contribution is -0.126. The maximum absolute atomic E-state index is 12.7. The third-order valence-corrected chi connectivity index (χ3v) is 5.94. The van der Waals surface area contributed by atoms with Crippen LogP contribution in [-0.4, -0.2) is 64.3 Å². The summed E-state index contributed by atoms with van der Waals surface area (Å²) in [5, 5.41) is 1.63. The van der Waals surface area contributed by atoms with Crippen LogP contribution in [0.1, 0.15) is 31.1 Å². The molecule has 31 heavy (non-hydrogen) atoms. The van der Waals surface area contributed by atoms with Gasteiger partial charge in [-0.15, -0.1) is 0 Å². The van der Waals surface area contributed by atoms with Gasteiger partial charge in [-0.1, -0.05) is 12.1 Å². The van der Waals surface area contributed by atoms with Crippen molar-refractivity contribution in [3.63, 3.8) is 0 Å². The summed E-state index contributed by atoms with van der Waals surface area (Å²) in [7, 11) is 1.28. The molecule has 0 unspecified atom stereocenters. The first kappa shape index (κ1) is 20.6. The van der Waals surface area contributed by atoms with E-state index in [-0.39, 0.29) is 13.1 Å². The minimum Gasteiger partial charge on any atom is -0.465 e. The Labute approximate surface area is 181 Å². The van der Waals surface area contributed by atoms with Crippen LogP contribution in [0.5, 0.6) is 0 Å². The van der Waals surface area contributed by atoms with Gasteiger partial charge in [-0.2, -0.15) is 0 Å². The van der Waals surface area contributed by atoms with Gasteiger partial charge in [0.2, 0.25) is 0 Å². The normalized spacial score (nSPS) is 17.9. The van der Waals surface area contributed by atoms with E-state index < -0.39 is 34.3 Å². The minimum absolute atomic E-state index is 0.0784. The molecule has 4 amide bonds. The van der Waals surface area contributed by atoms with Crippen LogP contribution in [-0.2, 0) is 9.53 Å². The van der Waals surface area contributed by atoms with Crippen molar-refractivity contribution in [2.75, 3.05) is 25.5 Å². The van der Waals surface area contributed by atoms with Gasteiger partial charge in [0.05, 0.1) is 23.8 Å². The number of hydrogen-bond acceptors (Lipinski definition) is 8. The summed E-state index contributed by atoms with van der Waals surface area (Å²) in [4.78, 5) is 63.5. The van der Waals surface area contributed by atoms with Crippen LogP contribution in [0.3, 0.4) is 0 Å². The van der Waals surface area contributed by atoms with E-state index in [0.717, 1.165) is 21.6 Å². The van der Waals surface area contributed by atoms with E-state index in [1.54, 1.807) is 48.5 Å². The highest BCUT2D eigenvalue weighted by atomic mass is 32.2. The standard InChI is InChI=1S/C21H17N3O6S/c1-30-20(28)12-6-8-13(9-7-12)22-16-19(27)24(21(29)31-16)11-10-23-17(25)14-4-2-3-5-15(14)18(23)26/h2-9,16,22H,10-11H2,1H3/t16-/m0/s1. The molecule has 0 saturated carbocycles. The minimum atomic E-state index is -0.848. The highest BCUT2D eigenvalue weighted by molar-refractivity contribution is 8.15. The van der Waals surface area contributed by atoms with E-state index in [9.17, 15) is 24.0 Å². The fraction of sp³-hybridized carbons (Fsp3) is 0.190. The molecule has 158 valence electrons. The van der Waals surface area contributed by atoms with Crippen molar-refractivity contribution in [2.24, 2.45) is 0 Å². The average Bonchev–Trinajstić information content (AvgIpc) is 3.19. The summed E-state index contributed by atoms with van der Waals surface area (Å²) in [6.07, 6.45) is 0. The Hall–Kier alpha value is -3.66. The highest BCUT2D eigenvalue weighted by Crippen LogP contribution is 2.29. The van der Waals surface area contributed by atoms with Crippen LogP contribution in [0.2, 0.25) is 0 Å². The van der Waals surface area contributed by atoms with Crippen LogP contribution >= 0.6 is 11.8 Å². The number of imide groups is 2. The molecule has 2 heterocycles. The number of ether oxygens (including phenoxy) is 1. The molecular formula is C21H17N3O6S. The predicted octanol–water partition coefficient (Wildman–Crippen LogP) is 2.20. The third-order valence-electron chi connectivity index (χ3n) is 4.96. The first-order valence-electron chi connectivity index (χ1n) is 9.33. The number of hydrogen-bond donors (Lipinski definition) is 1. The summed E-state index contributed by atoms with van der Waals surface area (Å²) in [5.74, 6) is -1.82. The summed E-state index contributed by atoms with van der Waals surface area (Å²) in [5.41, 5.74) is 1.54. The number of fused-ring (bicyclic) bond motifs is 1. The summed E-state index contributed by atoms with van der Waals surface area (Å²) in [6.45, 7) is -0.166. The van der Waals surface area contributed by atoms with Crippen molar-refractivity contribution in [1.29, 1.82) is 0 Å². The Balaban J connectivity index is 1.38. The summed E-state index contributed by atoms with van der Waals surface area (Å²) in [6, 6.07) is 12.8. The molecule has 0 bridgehead atoms. The van der Waals surface area contributed by atoms with Gasteiger partial charge in [-0.25, -0.2) is 4.79 Å². The number of nitrogens with one attached hydrogen (secondary N) is 1. The van der Waals surface area contributed by atoms with Crippen LogP contribution in [0.15, 0.2) is 48.5 Å². The van der Waals surface area contributed by atoms with Gasteiger partial charge in [0.25, 0.3) is 23.0 Å². The first-order valence-corrected chi connectivity index (χ1v) is 10.2. The molecule has 0 aliphatic carbocycles. The lowest BCUT2D eigenvalue weighted by Gasteiger charge is -2.19. The monoisotopic (exact) mass is 439 g/mol. The fourth-order valence-corrected chi connectivity index (χ4v) is 4.29. The molecule has 2 aliphatic heterocycles. The van der Waals surface area contributed by atoms with Gasteiger partial charge in [-0.05, 0) is 48.2 Å². The van der Waals surface area contributed by atoms with E-state index in [1.165, 1.54) is 7.11 Å². The number of anilines is 1. The Morgan fingerprint density at radius 3 is 2.10 bits per heavy atom. The second-order valence-corrected chi connectivity index (χ2v) is 7.83. The second kappa shape index (κ2) is 8.23. The zero-order valence-corrected chi connectivity index (χ0v) is 17.2. The van der Waals surface area contributed by atoms with Crippen LogP contribution in [0.4, 0.5) is 10.5 Å². The number of nitrogens with zero attached hydrogens (tertiary/aromatic N) is 2. The molecule has 10 heteroatoms. The Morgan fingerprint density at radius 2 is 1.52 bits per heavy atom. The average molecular weight is 439 g/mol. The molecule has 0 aromatic heterocycles. The van der Waals surface area contributed by atoms with Gasteiger partial charge < -0.3 is 10.1 Å². The van der Waals surface area contributed by atoms with Gasteiger partial charge in [0.15, 0.2) is 5.37 Å². The number of carbonyl (C=O) groups is 5. The van der Waals surface area contributed by atoms with Gasteiger partial charge in [0, 0.05) is 18.8 Å². The van der Waals surface area contributed by atoms with Crippen molar-refractivity contribution >= 4 is 46.4 Å². The fourth-order valence-electron chi connectivity index (χ4n) is 3.35. The first-order chi connectivity index (χ1) is 14.9. The van der Waals surface area contributed by atoms with Crippen LogP contribution in [0.25, 0.3) is 0 Å². The quantitative estimate of drug-likeness (QED) is 0.538. The van der Waals surface area contributed by atoms with E-state index in [2.05, 4.69) is 10.1 Å². The van der Waals surface area contributed by atoms with E-state index in [1.807, 2.05) is 0 Å². The molecule has 1 atom stereocenters. The van der Waals surface area contributed by atoms with Crippen molar-refractivity contribution in [3.8, 4) is 0 Å². The highest BCUT2D eigenvalue weighted by Gasteiger charge is 2.41. The molecule has 1 N–H and O–H groups in total. The van der Waals surface area contributed by atoms with Crippen LogP contribution < -0.4 is 5.32 Å². The predicted molar refractivity (Wildman–Crippen MR) is 112 cm³/mol. The molecular weight excluding hydrogens is 422 g/mol. The zero-order chi connectivity index (χ0) is 22.1. The zero-order valence-electron chi connectivity index (χ0n) is 16.4. The van der Waals surface area contributed by atoms with E-state index in [4.69, 9.17) is 0 Å². The Bertz CT molecular complexity index is 1070. The lowest BCUT2D eigenvalue weighted by Crippen LogP contribution is -2.41. The van der Waals surface area contributed by atoms with Gasteiger partial charge in [0.1, 0.15) is 0 Å². The lowest BCUT2D eigenvalue weighted by atomic mass is 10.1. The number of carbonyl (C=O) groups excluding carboxylic acids is 5. The molecule has 9 nitrogen and oxygen atoms in total. The van der Waals surface area contributed by atoms with Crippen molar-refractivity contribution in [1.82, 2.24) is 9.80 Å². The van der Waals surface area contributed by atoms with Gasteiger partial charge >= 0.3 is 5.97 Å². The largest absolute Gasteiger partial charge is 0.465 e. The second-order valence-electron chi connectivity index (χ2n) is 6.77. The van der Waals surface area contributed by atoms with Crippen molar-refractivity contribution in [3.05, 3.63) is 65.2 Å². The molecule has 1 saturated heterocycles. The molecule has 2 aliphatic rings. The third kappa shape index (κ3) is 3.77. The number of esters is 1. The van der Waals surface area contributed by atoms with E-state index in [0.29, 0.717) is 22.4 Å². The molecule has 2 aromatic rings. The maximum atomic E-state index is 12.7. The van der Waals surface area contributed by atoms with Crippen molar-refractivity contribution in [2.45, 2.75) is 5.37 Å². The van der Waals surface area contributed by atoms with Crippen molar-refractivity contribution < 1.29 is 28.7 Å². The Morgan fingerprint density at radius 1 is 0.935 bits per heavy atom. The molecule has 2 aromatic carbocycles. The topological polar surface area (TPSA) is 113 Å². The Kier molecular flexibility index (Phi) is 5.47. The molecule has 0 spiro atoms. The number of benzene rings is 2. The number of rotatable bonds is 6. The number of thioether (sulfide) groups is 1. The molecule has 0 radical (unpaired) electrons. The smallest absolute Gasteiger partial charge is 0.337 e. The SMILES string of the molecule is COC(=O)c1ccc(N[C@H]2SC(=O)N(CCN3C(=O)c4ccccc4C3=O)C2=O)cc1. The summed E-state index contributed by atoms with van der Waals surface area (Å²) >= 11 is 0.809. The summed E-state index contributed by atoms with van der Waals surface area (Å²) < 4.78 is 4.64. The molecule has 4 rings (SSSR count). The molecule has 1 fully saturated rings. The number of methoxy groups -OCH3 is 1. The number of amides is 4. The van der Waals surface area contributed by atoms with Crippen LogP contribution in [0, 0.1) is 0 Å². The van der Waals surface area contributed by atoms with Gasteiger partial charge in [-0.3, -0.25) is 29.0 Å². The maximum Gasteiger partial charge on any atom is 0.337 e.